The molecule has 1 N–H and O–H groups in total. The predicted molar refractivity (Wildman–Crippen MR) is 54.2 cm³/mol. The Morgan fingerprint density at radius 3 is 2.36 bits per heavy atom. The third-order valence-electron chi connectivity index (χ3n) is 1.62. The summed E-state index contributed by atoms with van der Waals surface area (Å²) < 4.78 is 0. The Kier molecular flexibility index (Phi) is 3.65. The number of hydrogen-bond acceptors (Lipinski definition) is 2. The van der Waals surface area contributed by atoms with E-state index in [1.54, 1.807) is 30.3 Å². The van der Waals surface area contributed by atoms with E-state index in [1.807, 2.05) is 0 Å². The molecule has 1 aromatic rings. The zero-order chi connectivity index (χ0) is 10.6. The Bertz CT molecular complexity index is 337. The molecule has 0 saturated carbocycles. The van der Waals surface area contributed by atoms with Crippen LogP contribution in [0.5, 0.6) is 0 Å². The maximum atomic E-state index is 11.5. The zero-order valence-electron chi connectivity index (χ0n) is 7.66. The van der Waals surface area contributed by atoms with Crippen LogP contribution in [0.4, 0.5) is 0 Å². The molecule has 0 saturated heterocycles. The van der Waals surface area contributed by atoms with E-state index in [0.717, 1.165) is 0 Å². The molecule has 3 nitrogen and oxygen atoms in total. The second-order valence-corrected chi connectivity index (χ2v) is 3.23. The molecule has 0 aromatic heterocycles. The number of halogens is 1. The fraction of sp³-hybridized carbons (Fsp3) is 0.200. The van der Waals surface area contributed by atoms with Gasteiger partial charge >= 0.3 is 0 Å². The number of hydrogen-bond donors (Lipinski definition) is 1. The van der Waals surface area contributed by atoms with Gasteiger partial charge in [0.25, 0.3) is 0 Å². The van der Waals surface area contributed by atoms with E-state index in [2.05, 4.69) is 5.32 Å². The summed E-state index contributed by atoms with van der Waals surface area (Å²) in [6.07, 6.45) is 0. The minimum atomic E-state index is -0.991. The first-order chi connectivity index (χ1) is 6.61. The maximum Gasteiger partial charge on any atom is 0.218 e. The first-order valence-corrected chi connectivity index (χ1v) is 4.55. The van der Waals surface area contributed by atoms with E-state index in [0.29, 0.717) is 5.56 Å². The van der Waals surface area contributed by atoms with E-state index in [9.17, 15) is 9.59 Å². The Hall–Kier alpha value is -1.35. The largest absolute Gasteiger partial charge is 0.334 e. The van der Waals surface area contributed by atoms with Gasteiger partial charge in [-0.2, -0.15) is 0 Å². The number of benzene rings is 1. The van der Waals surface area contributed by atoms with Crippen molar-refractivity contribution in [2.45, 2.75) is 12.4 Å². The molecule has 0 aliphatic rings. The van der Waals surface area contributed by atoms with Crippen LogP contribution in [-0.2, 0) is 4.79 Å². The van der Waals surface area contributed by atoms with Crippen LogP contribution in [0.15, 0.2) is 30.3 Å². The Balaban J connectivity index is 2.71. The molecule has 1 atom stereocenters. The fourth-order valence-corrected chi connectivity index (χ4v) is 1.27. The Morgan fingerprint density at radius 2 is 1.86 bits per heavy atom. The number of carbonyl (C=O) groups excluding carboxylic acids is 2. The van der Waals surface area contributed by atoms with Gasteiger partial charge in [-0.25, -0.2) is 0 Å². The third kappa shape index (κ3) is 2.85. The minimum Gasteiger partial charge on any atom is -0.334 e. The van der Waals surface area contributed by atoms with Crippen molar-refractivity contribution in [1.29, 1.82) is 0 Å². The van der Waals surface area contributed by atoms with Gasteiger partial charge in [-0.1, -0.05) is 41.9 Å². The molecular weight excluding hydrogens is 202 g/mol. The van der Waals surface area contributed by atoms with Crippen LogP contribution < -0.4 is 5.32 Å². The number of ketones is 1. The van der Waals surface area contributed by atoms with Crippen LogP contribution in [-0.4, -0.2) is 17.2 Å². The van der Waals surface area contributed by atoms with E-state index in [1.165, 1.54) is 6.92 Å². The molecule has 1 aromatic carbocycles. The van der Waals surface area contributed by atoms with Crippen molar-refractivity contribution in [3.8, 4) is 0 Å². The lowest BCUT2D eigenvalue weighted by Gasteiger charge is -2.08. The van der Waals surface area contributed by atoms with Crippen LogP contribution in [0.25, 0.3) is 0 Å². The van der Waals surface area contributed by atoms with Crippen molar-refractivity contribution in [3.05, 3.63) is 35.9 Å². The molecule has 14 heavy (non-hydrogen) atoms. The highest BCUT2D eigenvalue weighted by Crippen LogP contribution is 2.05. The number of carbonyl (C=O) groups is 2. The molecule has 0 fully saturated rings. The highest BCUT2D eigenvalue weighted by Gasteiger charge is 2.17. The van der Waals surface area contributed by atoms with Gasteiger partial charge in [-0.3, -0.25) is 9.59 Å². The SMILES string of the molecule is CC(=O)NC(Cl)C(=O)c1ccccc1. The monoisotopic (exact) mass is 211 g/mol. The Labute approximate surface area is 87.1 Å². The van der Waals surface area contributed by atoms with E-state index < -0.39 is 5.50 Å². The van der Waals surface area contributed by atoms with E-state index >= 15 is 0 Å². The minimum absolute atomic E-state index is 0.303. The number of rotatable bonds is 3. The van der Waals surface area contributed by atoms with Gasteiger partial charge in [-0.05, 0) is 0 Å². The Morgan fingerprint density at radius 1 is 1.29 bits per heavy atom. The van der Waals surface area contributed by atoms with Crippen LogP contribution >= 0.6 is 11.6 Å². The first kappa shape index (κ1) is 10.7. The van der Waals surface area contributed by atoms with Crippen LogP contribution in [0.1, 0.15) is 17.3 Å². The summed E-state index contributed by atoms with van der Waals surface area (Å²) in [7, 11) is 0. The summed E-state index contributed by atoms with van der Waals surface area (Å²) in [5.41, 5.74) is -0.504. The molecule has 0 spiro atoms. The van der Waals surface area contributed by atoms with E-state index in [-0.39, 0.29) is 11.7 Å². The highest BCUT2D eigenvalue weighted by molar-refractivity contribution is 6.34. The van der Waals surface area contributed by atoms with Crippen molar-refractivity contribution in [1.82, 2.24) is 5.32 Å². The van der Waals surface area contributed by atoms with Crippen LogP contribution in [0, 0.1) is 0 Å². The molecule has 0 aliphatic heterocycles. The average Bonchev–Trinajstić information content (AvgIpc) is 2.17. The van der Waals surface area contributed by atoms with Crippen molar-refractivity contribution in [3.63, 3.8) is 0 Å². The van der Waals surface area contributed by atoms with E-state index in [4.69, 9.17) is 11.6 Å². The second kappa shape index (κ2) is 4.77. The molecule has 1 rings (SSSR count). The normalized spacial score (nSPS) is 11.9. The van der Waals surface area contributed by atoms with Gasteiger partial charge in [0, 0.05) is 12.5 Å². The standard InChI is InChI=1S/C10H10ClNO2/c1-7(13)12-10(11)9(14)8-5-3-2-4-6-8/h2-6,10H,1H3,(H,12,13). The van der Waals surface area contributed by atoms with Crippen molar-refractivity contribution >= 4 is 23.3 Å². The average molecular weight is 212 g/mol. The summed E-state index contributed by atoms with van der Waals surface area (Å²) in [5.74, 6) is -0.628. The third-order valence-corrected chi connectivity index (χ3v) is 1.93. The van der Waals surface area contributed by atoms with Crippen molar-refractivity contribution in [2.75, 3.05) is 0 Å². The number of amides is 1. The molecule has 4 heteroatoms. The van der Waals surface area contributed by atoms with Gasteiger partial charge in [0.1, 0.15) is 0 Å². The highest BCUT2D eigenvalue weighted by atomic mass is 35.5. The molecule has 0 radical (unpaired) electrons. The van der Waals surface area contributed by atoms with Crippen LogP contribution in [0.3, 0.4) is 0 Å². The van der Waals surface area contributed by atoms with Crippen molar-refractivity contribution < 1.29 is 9.59 Å². The topological polar surface area (TPSA) is 46.2 Å². The first-order valence-electron chi connectivity index (χ1n) is 4.11. The second-order valence-electron chi connectivity index (χ2n) is 2.79. The smallest absolute Gasteiger partial charge is 0.218 e. The quantitative estimate of drug-likeness (QED) is 0.469. The number of Topliss-reactive ketones (excluding diaryl/α,β-unsaturated/α-hetero) is 1. The number of nitrogens with one attached hydrogen (secondary N) is 1. The van der Waals surface area contributed by atoms with Gasteiger partial charge in [-0.15, -0.1) is 0 Å². The zero-order valence-corrected chi connectivity index (χ0v) is 8.41. The lowest BCUT2D eigenvalue weighted by Crippen LogP contribution is -2.35. The van der Waals surface area contributed by atoms with Gasteiger partial charge in [0.2, 0.25) is 5.91 Å². The van der Waals surface area contributed by atoms with Gasteiger partial charge in [0.15, 0.2) is 11.3 Å². The summed E-state index contributed by atoms with van der Waals surface area (Å²) in [6.45, 7) is 1.31. The molecule has 1 amide bonds. The van der Waals surface area contributed by atoms with Crippen LogP contribution in [0.2, 0.25) is 0 Å². The fourth-order valence-electron chi connectivity index (χ4n) is 0.993. The predicted octanol–water partition coefficient (Wildman–Crippen LogP) is 1.57. The summed E-state index contributed by atoms with van der Waals surface area (Å²) >= 11 is 5.68. The van der Waals surface area contributed by atoms with Crippen molar-refractivity contribution in [2.24, 2.45) is 0 Å². The van der Waals surface area contributed by atoms with Gasteiger partial charge < -0.3 is 5.32 Å². The molecule has 0 heterocycles. The maximum absolute atomic E-state index is 11.5. The lowest BCUT2D eigenvalue weighted by atomic mass is 10.1. The number of alkyl halides is 1. The molecule has 1 unspecified atom stereocenters. The summed E-state index contributed by atoms with van der Waals surface area (Å²) in [6, 6.07) is 8.59. The molecule has 74 valence electrons. The molecular formula is C10H10ClNO2. The lowest BCUT2D eigenvalue weighted by molar-refractivity contribution is -0.119. The molecule has 0 bridgehead atoms. The summed E-state index contributed by atoms with van der Waals surface area (Å²) in [5, 5.41) is 2.32. The summed E-state index contributed by atoms with van der Waals surface area (Å²) in [4.78, 5) is 22.2. The molecule has 0 aliphatic carbocycles. The van der Waals surface area contributed by atoms with Gasteiger partial charge in [0.05, 0.1) is 0 Å².